The second-order valence-corrected chi connectivity index (χ2v) is 3.99. The van der Waals surface area contributed by atoms with Gasteiger partial charge in [-0.15, -0.1) is 0 Å². The number of cyclic esters (lactones) is 2. The number of carbonyl (C=O) groups is 4. The van der Waals surface area contributed by atoms with Gasteiger partial charge in [-0.2, -0.15) is 0 Å². The summed E-state index contributed by atoms with van der Waals surface area (Å²) in [5, 5.41) is 17.6. The predicted octanol–water partition coefficient (Wildman–Crippen LogP) is -1.59. The number of hydrogen-bond donors (Lipinski definition) is 2. The SMILES string of the molecule is O=C(O)C1=c2cc3c(cc2C(=O)O1)=C(C(=O)O)OC3=O. The van der Waals surface area contributed by atoms with Crippen LogP contribution in [0.2, 0.25) is 0 Å². The van der Waals surface area contributed by atoms with Crippen LogP contribution in [-0.2, 0) is 19.1 Å². The molecule has 1 aromatic rings. The van der Waals surface area contributed by atoms with E-state index in [1.807, 2.05) is 0 Å². The number of carboxylic acids is 2. The van der Waals surface area contributed by atoms with E-state index >= 15 is 0 Å². The van der Waals surface area contributed by atoms with E-state index in [1.54, 1.807) is 0 Å². The predicted molar refractivity (Wildman–Crippen MR) is 58.6 cm³/mol. The minimum Gasteiger partial charge on any atom is -0.475 e. The zero-order chi connectivity index (χ0) is 14.6. The molecule has 20 heavy (non-hydrogen) atoms. The second-order valence-electron chi connectivity index (χ2n) is 3.99. The standard InChI is InChI=1S/C12H4O8/c13-9(14)7-3-1-5-4(2-6(3)12(18)19-7)8(10(15)16)20-11(5)17/h1-2H,(H,13,14)(H,15,16). The van der Waals surface area contributed by atoms with Crippen molar-refractivity contribution in [2.24, 2.45) is 0 Å². The van der Waals surface area contributed by atoms with Crippen molar-refractivity contribution < 1.29 is 38.9 Å². The smallest absolute Gasteiger partial charge is 0.372 e. The lowest BCUT2D eigenvalue weighted by Crippen LogP contribution is -2.21. The van der Waals surface area contributed by atoms with Gasteiger partial charge in [0.2, 0.25) is 11.5 Å². The second kappa shape index (κ2) is 3.67. The molecule has 0 bridgehead atoms. The van der Waals surface area contributed by atoms with Crippen LogP contribution in [0.15, 0.2) is 12.1 Å². The summed E-state index contributed by atoms with van der Waals surface area (Å²) in [7, 11) is 0. The molecule has 2 aliphatic rings. The summed E-state index contributed by atoms with van der Waals surface area (Å²) < 4.78 is 9.14. The molecule has 8 nitrogen and oxygen atoms in total. The maximum absolute atomic E-state index is 11.5. The lowest BCUT2D eigenvalue weighted by atomic mass is 10.1. The molecule has 2 heterocycles. The molecule has 8 heteroatoms. The molecule has 3 rings (SSSR count). The van der Waals surface area contributed by atoms with Crippen molar-refractivity contribution in [3.8, 4) is 0 Å². The van der Waals surface area contributed by atoms with Gasteiger partial charge in [-0.3, -0.25) is 0 Å². The van der Waals surface area contributed by atoms with Crippen LogP contribution in [0.3, 0.4) is 0 Å². The van der Waals surface area contributed by atoms with Gasteiger partial charge in [0.05, 0.1) is 11.1 Å². The number of ether oxygens (including phenoxy) is 2. The number of benzene rings is 1. The highest BCUT2D eigenvalue weighted by Crippen LogP contribution is 2.16. The van der Waals surface area contributed by atoms with Gasteiger partial charge >= 0.3 is 23.9 Å². The molecule has 0 radical (unpaired) electrons. The van der Waals surface area contributed by atoms with Crippen LogP contribution >= 0.6 is 0 Å². The van der Waals surface area contributed by atoms with E-state index in [0.29, 0.717) is 0 Å². The zero-order valence-corrected chi connectivity index (χ0v) is 9.50. The third-order valence-corrected chi connectivity index (χ3v) is 2.86. The van der Waals surface area contributed by atoms with Crippen LogP contribution < -0.4 is 10.4 Å². The molecule has 0 fully saturated rings. The van der Waals surface area contributed by atoms with Crippen molar-refractivity contribution in [2.45, 2.75) is 0 Å². The average molecular weight is 276 g/mol. The lowest BCUT2D eigenvalue weighted by Gasteiger charge is -1.93. The Balaban J connectivity index is 2.44. The van der Waals surface area contributed by atoms with E-state index in [2.05, 4.69) is 9.47 Å². The molecule has 0 saturated carbocycles. The number of esters is 2. The van der Waals surface area contributed by atoms with Gasteiger partial charge < -0.3 is 19.7 Å². The fourth-order valence-corrected chi connectivity index (χ4v) is 2.04. The molecule has 1 aromatic carbocycles. The third kappa shape index (κ3) is 1.41. The number of aliphatic carboxylic acids is 2. The van der Waals surface area contributed by atoms with Crippen molar-refractivity contribution in [2.75, 3.05) is 0 Å². The fraction of sp³-hybridized carbons (Fsp3) is 0. The summed E-state index contributed by atoms with van der Waals surface area (Å²) in [6.45, 7) is 0. The van der Waals surface area contributed by atoms with Gasteiger partial charge in [0.15, 0.2) is 0 Å². The summed E-state index contributed by atoms with van der Waals surface area (Å²) in [6.07, 6.45) is 0. The van der Waals surface area contributed by atoms with Crippen LogP contribution in [0.5, 0.6) is 0 Å². The van der Waals surface area contributed by atoms with Crippen LogP contribution in [0, 0.1) is 0 Å². The normalized spacial score (nSPS) is 15.6. The first-order valence-corrected chi connectivity index (χ1v) is 5.23. The first-order valence-electron chi connectivity index (χ1n) is 5.23. The van der Waals surface area contributed by atoms with Gasteiger partial charge in [0.25, 0.3) is 0 Å². The largest absolute Gasteiger partial charge is 0.475 e. The minimum atomic E-state index is -1.47. The Morgan fingerprint density at radius 3 is 1.45 bits per heavy atom. The molecule has 0 spiro atoms. The highest BCUT2D eigenvalue weighted by molar-refractivity contribution is 6.16. The summed E-state index contributed by atoms with van der Waals surface area (Å²) in [5.74, 6) is -6.00. The number of fused-ring (bicyclic) bond motifs is 2. The highest BCUT2D eigenvalue weighted by atomic mass is 16.6. The van der Waals surface area contributed by atoms with Gasteiger partial charge in [-0.05, 0) is 12.1 Å². The Labute approximate surface area is 109 Å². The minimum absolute atomic E-state index is 0.0789. The lowest BCUT2D eigenvalue weighted by molar-refractivity contribution is -0.133. The van der Waals surface area contributed by atoms with E-state index in [1.165, 1.54) is 0 Å². The van der Waals surface area contributed by atoms with Crippen LogP contribution in [0.25, 0.3) is 11.5 Å². The molecular formula is C12H4O8. The number of rotatable bonds is 2. The summed E-state index contributed by atoms with van der Waals surface area (Å²) >= 11 is 0. The molecule has 0 atom stereocenters. The van der Waals surface area contributed by atoms with E-state index in [0.717, 1.165) is 12.1 Å². The van der Waals surface area contributed by atoms with Crippen LogP contribution in [0.1, 0.15) is 20.7 Å². The fourth-order valence-electron chi connectivity index (χ4n) is 2.04. The van der Waals surface area contributed by atoms with Gasteiger partial charge in [-0.25, -0.2) is 19.2 Å². The number of hydrogen-bond acceptors (Lipinski definition) is 6. The third-order valence-electron chi connectivity index (χ3n) is 2.86. The van der Waals surface area contributed by atoms with E-state index in [4.69, 9.17) is 10.2 Å². The molecule has 2 N–H and O–H groups in total. The monoisotopic (exact) mass is 276 g/mol. The van der Waals surface area contributed by atoms with Crippen molar-refractivity contribution in [3.63, 3.8) is 0 Å². The van der Waals surface area contributed by atoms with Crippen molar-refractivity contribution >= 4 is 35.4 Å². The number of carboxylic acid groups (broad SMARTS) is 2. The van der Waals surface area contributed by atoms with Crippen LogP contribution in [0.4, 0.5) is 0 Å². The average Bonchev–Trinajstić information content (AvgIpc) is 2.87. The van der Waals surface area contributed by atoms with E-state index in [-0.39, 0.29) is 21.6 Å². The zero-order valence-electron chi connectivity index (χ0n) is 9.50. The Hall–Kier alpha value is -3.16. The molecule has 2 aliphatic heterocycles. The highest BCUT2D eigenvalue weighted by Gasteiger charge is 2.33. The Morgan fingerprint density at radius 2 is 1.15 bits per heavy atom. The molecule has 0 aromatic heterocycles. The molecule has 0 saturated heterocycles. The summed E-state index contributed by atoms with van der Waals surface area (Å²) in [4.78, 5) is 45.0. The molecule has 0 aliphatic carbocycles. The Bertz CT molecular complexity index is 773. The Morgan fingerprint density at radius 1 is 0.800 bits per heavy atom. The summed E-state index contributed by atoms with van der Waals surface area (Å²) in [6, 6.07) is 2.16. The first-order chi connectivity index (χ1) is 9.40. The topological polar surface area (TPSA) is 127 Å². The van der Waals surface area contributed by atoms with Gasteiger partial charge in [-0.1, -0.05) is 0 Å². The Kier molecular flexibility index (Phi) is 2.18. The van der Waals surface area contributed by atoms with Gasteiger partial charge in [0, 0.05) is 10.4 Å². The maximum atomic E-state index is 11.5. The molecular weight excluding hydrogens is 272 g/mol. The molecule has 0 unspecified atom stereocenters. The number of carbonyl (C=O) groups excluding carboxylic acids is 2. The van der Waals surface area contributed by atoms with Gasteiger partial charge in [0.1, 0.15) is 0 Å². The quantitative estimate of drug-likeness (QED) is 0.619. The van der Waals surface area contributed by atoms with Crippen LogP contribution in [-0.4, -0.2) is 34.1 Å². The van der Waals surface area contributed by atoms with Crippen molar-refractivity contribution in [1.82, 2.24) is 0 Å². The van der Waals surface area contributed by atoms with Crippen molar-refractivity contribution in [1.29, 1.82) is 0 Å². The molecule has 0 amide bonds. The van der Waals surface area contributed by atoms with Crippen molar-refractivity contribution in [3.05, 3.63) is 33.7 Å². The molecule has 100 valence electrons. The summed E-state index contributed by atoms with van der Waals surface area (Å²) in [5.41, 5.74) is -0.253. The van der Waals surface area contributed by atoms with E-state index in [9.17, 15) is 19.2 Å². The first kappa shape index (κ1) is 11.9. The maximum Gasteiger partial charge on any atom is 0.372 e. The van der Waals surface area contributed by atoms with E-state index < -0.39 is 35.4 Å².